The zero-order chi connectivity index (χ0) is 13.4. The number of hydrogen-bond acceptors (Lipinski definition) is 6. The fraction of sp³-hybridized carbons (Fsp3) is 0.556. The minimum absolute atomic E-state index is 0.0137. The van der Waals surface area contributed by atoms with Crippen molar-refractivity contribution in [1.82, 2.24) is 4.72 Å². The van der Waals surface area contributed by atoms with Crippen LogP contribution in [0.5, 0.6) is 0 Å². The van der Waals surface area contributed by atoms with E-state index in [2.05, 4.69) is 4.72 Å². The molecule has 2 rings (SSSR count). The predicted octanol–water partition coefficient (Wildman–Crippen LogP) is -0.763. The summed E-state index contributed by atoms with van der Waals surface area (Å²) < 4.78 is 53.3. The first kappa shape index (κ1) is 13.5. The van der Waals surface area contributed by atoms with Crippen molar-refractivity contribution in [1.29, 1.82) is 0 Å². The molecule has 2 heterocycles. The second kappa shape index (κ2) is 4.65. The summed E-state index contributed by atoms with van der Waals surface area (Å²) in [6, 6.07) is 1.94. The van der Waals surface area contributed by atoms with Gasteiger partial charge in [0.25, 0.3) is 10.0 Å². The molecule has 9 heteroatoms. The molecule has 1 aromatic rings. The highest BCUT2D eigenvalue weighted by atomic mass is 32.2. The normalized spacial score (nSPS) is 23.3. The molecule has 0 spiro atoms. The average molecular weight is 295 g/mol. The summed E-state index contributed by atoms with van der Waals surface area (Å²) in [5.74, 6) is -0.0746. The van der Waals surface area contributed by atoms with Crippen molar-refractivity contribution in [2.45, 2.75) is 24.2 Å². The van der Waals surface area contributed by atoms with Gasteiger partial charge in [-0.05, 0) is 18.6 Å². The third-order valence-electron chi connectivity index (χ3n) is 2.61. The first-order valence-corrected chi connectivity index (χ1v) is 8.55. The molecule has 0 amide bonds. The Labute approximate surface area is 105 Å². The number of sulfonamides is 1. The Hall–Kier alpha value is -0.900. The molecule has 1 saturated heterocycles. The third kappa shape index (κ3) is 2.91. The highest BCUT2D eigenvalue weighted by molar-refractivity contribution is 7.92. The summed E-state index contributed by atoms with van der Waals surface area (Å²) in [7, 11) is -7.02. The maximum Gasteiger partial charge on any atom is 0.274 e. The van der Waals surface area contributed by atoms with Crippen LogP contribution in [-0.4, -0.2) is 39.5 Å². The number of rotatable bonds is 4. The molecule has 1 fully saturated rings. The van der Waals surface area contributed by atoms with Gasteiger partial charge in [0.05, 0.1) is 11.5 Å². The molecule has 1 aromatic heterocycles. The van der Waals surface area contributed by atoms with Crippen molar-refractivity contribution < 1.29 is 26.4 Å². The van der Waals surface area contributed by atoms with Crippen molar-refractivity contribution >= 4 is 19.9 Å². The summed E-state index contributed by atoms with van der Waals surface area (Å²) >= 11 is 0. The van der Waals surface area contributed by atoms with Gasteiger partial charge in [0.1, 0.15) is 12.4 Å². The van der Waals surface area contributed by atoms with E-state index in [4.69, 9.17) is 9.52 Å². The van der Waals surface area contributed by atoms with Gasteiger partial charge in [0, 0.05) is 6.04 Å². The summed E-state index contributed by atoms with van der Waals surface area (Å²) in [4.78, 5) is 0. The Bertz CT molecular complexity index is 630. The molecule has 0 bridgehead atoms. The van der Waals surface area contributed by atoms with Gasteiger partial charge in [-0.3, -0.25) is 0 Å². The molecule has 0 radical (unpaired) electrons. The lowest BCUT2D eigenvalue weighted by molar-refractivity contribution is 0.236. The minimum Gasteiger partial charge on any atom is -0.446 e. The Morgan fingerprint density at radius 3 is 2.67 bits per heavy atom. The minimum atomic E-state index is -3.88. The number of furan rings is 1. The van der Waals surface area contributed by atoms with Gasteiger partial charge in [0.15, 0.2) is 9.84 Å². The van der Waals surface area contributed by atoms with Crippen LogP contribution in [0, 0.1) is 0 Å². The topological polar surface area (TPSA) is 114 Å². The highest BCUT2D eigenvalue weighted by Gasteiger charge is 2.32. The Morgan fingerprint density at radius 1 is 1.44 bits per heavy atom. The van der Waals surface area contributed by atoms with Gasteiger partial charge in [-0.1, -0.05) is 0 Å². The van der Waals surface area contributed by atoms with Gasteiger partial charge in [0.2, 0.25) is 5.09 Å². The van der Waals surface area contributed by atoms with Crippen molar-refractivity contribution in [2.75, 3.05) is 11.5 Å². The van der Waals surface area contributed by atoms with Crippen molar-refractivity contribution in [2.24, 2.45) is 0 Å². The number of hydrogen-bond donors (Lipinski definition) is 2. The molecule has 2 N–H and O–H groups in total. The lowest BCUT2D eigenvalue weighted by Crippen LogP contribution is -2.35. The Morgan fingerprint density at radius 2 is 2.17 bits per heavy atom. The molecule has 18 heavy (non-hydrogen) atoms. The molecule has 0 aromatic carbocycles. The molecule has 1 aliphatic rings. The van der Waals surface area contributed by atoms with Crippen LogP contribution in [0.25, 0.3) is 0 Å². The van der Waals surface area contributed by atoms with E-state index >= 15 is 0 Å². The fourth-order valence-electron chi connectivity index (χ4n) is 1.75. The fourth-order valence-corrected chi connectivity index (χ4v) is 4.75. The first-order chi connectivity index (χ1) is 8.32. The molecule has 0 saturated carbocycles. The number of aliphatic hydroxyl groups excluding tert-OH is 1. The zero-order valence-electron chi connectivity index (χ0n) is 9.37. The smallest absolute Gasteiger partial charge is 0.274 e. The summed E-state index contributed by atoms with van der Waals surface area (Å²) in [5, 5.41) is 8.46. The van der Waals surface area contributed by atoms with Crippen LogP contribution >= 0.6 is 0 Å². The molecule has 0 aliphatic carbocycles. The molecule has 102 valence electrons. The van der Waals surface area contributed by atoms with Crippen LogP contribution < -0.4 is 4.72 Å². The van der Waals surface area contributed by atoms with Gasteiger partial charge in [-0.25, -0.2) is 21.6 Å². The quantitative estimate of drug-likeness (QED) is 0.754. The lowest BCUT2D eigenvalue weighted by Gasteiger charge is -2.09. The van der Waals surface area contributed by atoms with E-state index in [-0.39, 0.29) is 28.8 Å². The second-order valence-corrected chi connectivity index (χ2v) is 7.97. The first-order valence-electron chi connectivity index (χ1n) is 5.25. The van der Waals surface area contributed by atoms with Crippen LogP contribution in [0.3, 0.4) is 0 Å². The van der Waals surface area contributed by atoms with E-state index < -0.39 is 32.5 Å². The Kier molecular flexibility index (Phi) is 3.49. The SMILES string of the molecule is O=S1(=O)CCC(NS(=O)(=O)c2ccc(CO)o2)C1. The molecular weight excluding hydrogens is 282 g/mol. The second-order valence-electron chi connectivity index (χ2n) is 4.10. The van der Waals surface area contributed by atoms with Crippen LogP contribution in [0.2, 0.25) is 0 Å². The average Bonchev–Trinajstić information content (AvgIpc) is 2.84. The van der Waals surface area contributed by atoms with E-state index in [1.165, 1.54) is 12.1 Å². The van der Waals surface area contributed by atoms with E-state index in [0.717, 1.165) is 0 Å². The monoisotopic (exact) mass is 295 g/mol. The molecule has 1 unspecified atom stereocenters. The van der Waals surface area contributed by atoms with Crippen LogP contribution in [0.15, 0.2) is 21.6 Å². The molecule has 1 aliphatic heterocycles. The third-order valence-corrected chi connectivity index (χ3v) is 5.77. The van der Waals surface area contributed by atoms with Crippen LogP contribution in [0.4, 0.5) is 0 Å². The van der Waals surface area contributed by atoms with Crippen molar-refractivity contribution in [3.05, 3.63) is 17.9 Å². The number of aliphatic hydroxyl groups is 1. The molecular formula is C9H13NO6S2. The van der Waals surface area contributed by atoms with Gasteiger partial charge < -0.3 is 9.52 Å². The lowest BCUT2D eigenvalue weighted by atomic mass is 10.3. The predicted molar refractivity (Wildman–Crippen MR) is 62.0 cm³/mol. The highest BCUT2D eigenvalue weighted by Crippen LogP contribution is 2.17. The van der Waals surface area contributed by atoms with Gasteiger partial charge in [-0.15, -0.1) is 0 Å². The van der Waals surface area contributed by atoms with Gasteiger partial charge >= 0.3 is 0 Å². The zero-order valence-corrected chi connectivity index (χ0v) is 11.0. The van der Waals surface area contributed by atoms with Gasteiger partial charge in [-0.2, -0.15) is 0 Å². The Balaban J connectivity index is 2.13. The van der Waals surface area contributed by atoms with E-state index in [1.807, 2.05) is 0 Å². The molecule has 7 nitrogen and oxygen atoms in total. The number of nitrogens with one attached hydrogen (secondary N) is 1. The van der Waals surface area contributed by atoms with Crippen LogP contribution in [0.1, 0.15) is 12.2 Å². The summed E-state index contributed by atoms with van der Waals surface area (Å²) in [5.41, 5.74) is 0. The molecule has 1 atom stereocenters. The van der Waals surface area contributed by atoms with Crippen molar-refractivity contribution in [3.8, 4) is 0 Å². The summed E-state index contributed by atoms with van der Waals surface area (Å²) in [6.45, 7) is -0.396. The maximum absolute atomic E-state index is 11.8. The largest absolute Gasteiger partial charge is 0.446 e. The van der Waals surface area contributed by atoms with E-state index in [0.29, 0.717) is 0 Å². The summed E-state index contributed by atoms with van der Waals surface area (Å²) in [6.07, 6.45) is 0.259. The van der Waals surface area contributed by atoms with E-state index in [9.17, 15) is 16.8 Å². The van der Waals surface area contributed by atoms with E-state index in [1.54, 1.807) is 0 Å². The maximum atomic E-state index is 11.8. The van der Waals surface area contributed by atoms with Crippen molar-refractivity contribution in [3.63, 3.8) is 0 Å². The standard InChI is InChI=1S/C9H13NO6S2/c11-5-8-1-2-9(16-8)18(14,15)10-7-3-4-17(12,13)6-7/h1-2,7,10-11H,3-6H2. The number of sulfone groups is 1. The van der Waals surface area contributed by atoms with Crippen LogP contribution in [-0.2, 0) is 26.5 Å².